The Balaban J connectivity index is 0.00000200. The van der Waals surface area contributed by atoms with Crippen molar-refractivity contribution < 1.29 is 9.18 Å². The third kappa shape index (κ3) is 4.18. The minimum atomic E-state index is -0.299. The van der Waals surface area contributed by atoms with E-state index in [1.807, 2.05) is 0 Å². The van der Waals surface area contributed by atoms with Crippen LogP contribution in [-0.2, 0) is 4.79 Å². The van der Waals surface area contributed by atoms with Gasteiger partial charge in [0.05, 0.1) is 0 Å². The highest BCUT2D eigenvalue weighted by molar-refractivity contribution is 5.91. The molecular weight excluding hydrogens is 279 g/mol. The maximum Gasteiger partial charge on any atom is 0.224 e. The van der Waals surface area contributed by atoms with Crippen LogP contribution in [0.15, 0.2) is 18.2 Å². The Labute approximate surface area is 125 Å². The van der Waals surface area contributed by atoms with E-state index in [9.17, 15) is 9.18 Å². The molecule has 0 aromatic heterocycles. The number of halogens is 2. The molecule has 0 aliphatic heterocycles. The summed E-state index contributed by atoms with van der Waals surface area (Å²) in [5, 5.41) is 2.78. The second-order valence-corrected chi connectivity index (χ2v) is 5.37. The van der Waals surface area contributed by atoms with Gasteiger partial charge in [0.2, 0.25) is 5.91 Å². The molecule has 1 aromatic carbocycles. The van der Waals surface area contributed by atoms with E-state index in [0.29, 0.717) is 17.7 Å². The van der Waals surface area contributed by atoms with E-state index in [4.69, 9.17) is 5.73 Å². The number of rotatable bonds is 3. The van der Waals surface area contributed by atoms with Crippen LogP contribution in [0.4, 0.5) is 10.1 Å². The number of carbonyl (C=O) groups excluding carboxylic acids is 1. The van der Waals surface area contributed by atoms with Crippen LogP contribution < -0.4 is 11.1 Å². The molecule has 0 spiro atoms. The van der Waals surface area contributed by atoms with E-state index in [2.05, 4.69) is 5.32 Å². The van der Waals surface area contributed by atoms with Gasteiger partial charge in [-0.1, -0.05) is 18.9 Å². The summed E-state index contributed by atoms with van der Waals surface area (Å²) in [6.45, 7) is 1.66. The molecule has 3 nitrogen and oxygen atoms in total. The number of nitrogens with two attached hydrogens (primary N) is 1. The van der Waals surface area contributed by atoms with Crippen LogP contribution in [0.2, 0.25) is 0 Å². The number of amides is 1. The lowest BCUT2D eigenvalue weighted by atomic mass is 9.83. The first kappa shape index (κ1) is 16.9. The van der Waals surface area contributed by atoms with Gasteiger partial charge in [-0.2, -0.15) is 0 Å². The van der Waals surface area contributed by atoms with Crippen molar-refractivity contribution in [3.8, 4) is 0 Å². The molecule has 1 aliphatic carbocycles. The molecule has 1 amide bonds. The van der Waals surface area contributed by atoms with E-state index < -0.39 is 0 Å². The Hall–Kier alpha value is -1.13. The summed E-state index contributed by atoms with van der Waals surface area (Å²) in [5.74, 6) is -0.120. The van der Waals surface area contributed by atoms with Crippen molar-refractivity contribution >= 4 is 24.0 Å². The molecule has 0 radical (unpaired) electrons. The highest BCUT2D eigenvalue weighted by Gasteiger charge is 2.24. The first-order valence-electron chi connectivity index (χ1n) is 6.88. The molecule has 2 atom stereocenters. The van der Waals surface area contributed by atoms with Crippen molar-refractivity contribution in [1.82, 2.24) is 0 Å². The molecule has 5 heteroatoms. The SMILES string of the molecule is Cc1c(F)cccc1NC(=O)CC1CCCCC1N.Cl. The number of anilines is 1. The summed E-state index contributed by atoms with van der Waals surface area (Å²) in [6.07, 6.45) is 4.73. The molecule has 1 fully saturated rings. The molecule has 0 heterocycles. The zero-order valence-electron chi connectivity index (χ0n) is 11.7. The van der Waals surface area contributed by atoms with Crippen LogP contribution >= 0.6 is 12.4 Å². The van der Waals surface area contributed by atoms with Gasteiger partial charge in [0.1, 0.15) is 5.82 Å². The molecular formula is C15H22ClFN2O. The average Bonchev–Trinajstić information content (AvgIpc) is 2.38. The predicted octanol–water partition coefficient (Wildman–Crippen LogP) is 3.40. The van der Waals surface area contributed by atoms with Crippen molar-refractivity contribution in [2.75, 3.05) is 5.32 Å². The minimum Gasteiger partial charge on any atom is -0.327 e. The van der Waals surface area contributed by atoms with Crippen LogP contribution in [0.1, 0.15) is 37.7 Å². The standard InChI is InChI=1S/C15H21FN2O.ClH/c1-10-12(16)6-4-8-14(10)18-15(19)9-11-5-2-3-7-13(11)17;/h4,6,8,11,13H,2-3,5,7,9,17H2,1H3,(H,18,19);1H. The van der Waals surface area contributed by atoms with Gasteiger partial charge in [-0.05, 0) is 37.8 Å². The maximum absolute atomic E-state index is 13.4. The monoisotopic (exact) mass is 300 g/mol. The number of carbonyl (C=O) groups is 1. The number of benzene rings is 1. The van der Waals surface area contributed by atoms with Gasteiger partial charge >= 0.3 is 0 Å². The van der Waals surface area contributed by atoms with E-state index >= 15 is 0 Å². The predicted molar refractivity (Wildman–Crippen MR) is 81.6 cm³/mol. The highest BCUT2D eigenvalue weighted by atomic mass is 35.5. The van der Waals surface area contributed by atoms with Crippen LogP contribution in [0, 0.1) is 18.7 Å². The third-order valence-electron chi connectivity index (χ3n) is 3.96. The lowest BCUT2D eigenvalue weighted by molar-refractivity contribution is -0.117. The second kappa shape index (κ2) is 7.60. The molecule has 2 unspecified atom stereocenters. The van der Waals surface area contributed by atoms with Crippen LogP contribution in [0.25, 0.3) is 0 Å². The summed E-state index contributed by atoms with van der Waals surface area (Å²) in [4.78, 5) is 12.0. The zero-order valence-corrected chi connectivity index (χ0v) is 12.5. The fourth-order valence-electron chi connectivity index (χ4n) is 2.67. The van der Waals surface area contributed by atoms with Gasteiger partial charge in [-0.3, -0.25) is 4.79 Å². The normalized spacial score (nSPS) is 21.9. The molecule has 0 bridgehead atoms. The summed E-state index contributed by atoms with van der Waals surface area (Å²) in [7, 11) is 0. The summed E-state index contributed by atoms with van der Waals surface area (Å²) in [5.41, 5.74) is 7.06. The van der Waals surface area contributed by atoms with Crippen LogP contribution in [0.5, 0.6) is 0 Å². The molecule has 1 saturated carbocycles. The Morgan fingerprint density at radius 3 is 2.80 bits per heavy atom. The van der Waals surface area contributed by atoms with Crippen molar-refractivity contribution in [2.24, 2.45) is 11.7 Å². The lowest BCUT2D eigenvalue weighted by Crippen LogP contribution is -2.35. The van der Waals surface area contributed by atoms with Gasteiger partial charge in [0.15, 0.2) is 0 Å². The lowest BCUT2D eigenvalue weighted by Gasteiger charge is -2.28. The van der Waals surface area contributed by atoms with Gasteiger partial charge in [-0.15, -0.1) is 12.4 Å². The number of hydrogen-bond donors (Lipinski definition) is 2. The van der Waals surface area contributed by atoms with Crippen LogP contribution in [0.3, 0.4) is 0 Å². The smallest absolute Gasteiger partial charge is 0.224 e. The van der Waals surface area contributed by atoms with Crippen LogP contribution in [-0.4, -0.2) is 11.9 Å². The molecule has 3 N–H and O–H groups in total. The summed E-state index contributed by atoms with van der Waals surface area (Å²) in [6, 6.07) is 4.83. The zero-order chi connectivity index (χ0) is 13.8. The van der Waals surface area contributed by atoms with Gasteiger partial charge < -0.3 is 11.1 Å². The average molecular weight is 301 g/mol. The van der Waals surface area contributed by atoms with Crippen molar-refractivity contribution in [2.45, 2.75) is 45.1 Å². The van der Waals surface area contributed by atoms with E-state index in [0.717, 1.165) is 25.7 Å². The first-order chi connectivity index (χ1) is 9.08. The molecule has 20 heavy (non-hydrogen) atoms. The topological polar surface area (TPSA) is 55.1 Å². The Morgan fingerprint density at radius 1 is 1.40 bits per heavy atom. The third-order valence-corrected chi connectivity index (χ3v) is 3.96. The van der Waals surface area contributed by atoms with Gasteiger partial charge in [-0.25, -0.2) is 4.39 Å². The van der Waals surface area contributed by atoms with E-state index in [1.54, 1.807) is 19.1 Å². The Morgan fingerprint density at radius 2 is 2.10 bits per heavy atom. The maximum atomic E-state index is 13.4. The second-order valence-electron chi connectivity index (χ2n) is 5.37. The quantitative estimate of drug-likeness (QED) is 0.899. The Bertz CT molecular complexity index is 467. The highest BCUT2D eigenvalue weighted by Crippen LogP contribution is 2.26. The molecule has 112 valence electrons. The molecule has 0 saturated heterocycles. The van der Waals surface area contributed by atoms with Crippen molar-refractivity contribution in [1.29, 1.82) is 0 Å². The van der Waals surface area contributed by atoms with Gasteiger partial charge in [0, 0.05) is 23.7 Å². The van der Waals surface area contributed by atoms with E-state index in [1.165, 1.54) is 6.07 Å². The van der Waals surface area contributed by atoms with Gasteiger partial charge in [0.25, 0.3) is 0 Å². The molecule has 1 aromatic rings. The minimum absolute atomic E-state index is 0. The van der Waals surface area contributed by atoms with Crippen molar-refractivity contribution in [3.63, 3.8) is 0 Å². The first-order valence-corrected chi connectivity index (χ1v) is 6.88. The van der Waals surface area contributed by atoms with E-state index in [-0.39, 0.29) is 36.1 Å². The summed E-state index contributed by atoms with van der Waals surface area (Å²) >= 11 is 0. The fourth-order valence-corrected chi connectivity index (χ4v) is 2.67. The number of nitrogens with one attached hydrogen (secondary N) is 1. The van der Waals surface area contributed by atoms with Crippen molar-refractivity contribution in [3.05, 3.63) is 29.6 Å². The summed E-state index contributed by atoms with van der Waals surface area (Å²) < 4.78 is 13.4. The Kier molecular flexibility index (Phi) is 6.43. The largest absolute Gasteiger partial charge is 0.327 e. The number of hydrogen-bond acceptors (Lipinski definition) is 2. The fraction of sp³-hybridized carbons (Fsp3) is 0.533. The molecule has 1 aliphatic rings. The molecule has 2 rings (SSSR count).